The van der Waals surface area contributed by atoms with E-state index in [1.807, 2.05) is 36.4 Å². The molecule has 1 unspecified atom stereocenters. The summed E-state index contributed by atoms with van der Waals surface area (Å²) in [5.41, 5.74) is 1.83. The first kappa shape index (κ1) is 15.9. The molecule has 1 fully saturated rings. The molecule has 1 saturated heterocycles. The maximum atomic E-state index is 5.60. The number of para-hydroxylation sites is 1. The number of hydrogen-bond donors (Lipinski definition) is 1. The van der Waals surface area contributed by atoms with E-state index in [4.69, 9.17) is 9.72 Å². The number of fused-ring (bicyclic) bond motifs is 1. The lowest BCUT2D eigenvalue weighted by molar-refractivity contribution is 0.0109. The molecule has 3 aromatic rings. The Morgan fingerprint density at radius 3 is 2.96 bits per heavy atom. The molecular weight excluding hydrogens is 314 g/mol. The van der Waals surface area contributed by atoms with Gasteiger partial charge in [0.15, 0.2) is 5.82 Å². The number of anilines is 1. The van der Waals surface area contributed by atoms with Gasteiger partial charge >= 0.3 is 0 Å². The highest BCUT2D eigenvalue weighted by atomic mass is 16.5. The first-order valence-electron chi connectivity index (χ1n) is 8.50. The van der Waals surface area contributed by atoms with E-state index in [1.165, 1.54) is 0 Å². The van der Waals surface area contributed by atoms with Gasteiger partial charge in [-0.25, -0.2) is 9.97 Å². The average molecular weight is 335 g/mol. The van der Waals surface area contributed by atoms with Gasteiger partial charge in [0.05, 0.1) is 24.8 Å². The second-order valence-corrected chi connectivity index (χ2v) is 6.24. The van der Waals surface area contributed by atoms with Crippen LogP contribution in [0.15, 0.2) is 48.8 Å². The molecule has 2 aromatic heterocycles. The zero-order chi connectivity index (χ0) is 17.1. The van der Waals surface area contributed by atoms with Crippen LogP contribution in [-0.2, 0) is 4.74 Å². The highest BCUT2D eigenvalue weighted by Gasteiger charge is 2.20. The first-order chi connectivity index (χ1) is 12.3. The standard InChI is InChI=1S/C19H21N5O/c1-24-9-10-25-13-15(24)12-21-19-16-6-2-3-7-17(16)22-18(23-19)14-5-4-8-20-11-14/h2-8,11,15H,9-10,12-13H2,1H3,(H,21,22,23). The minimum atomic E-state index is 0.337. The molecule has 25 heavy (non-hydrogen) atoms. The predicted octanol–water partition coefficient (Wildman–Crippen LogP) is 2.43. The summed E-state index contributed by atoms with van der Waals surface area (Å²) in [6.45, 7) is 3.28. The van der Waals surface area contributed by atoms with Crippen LogP contribution in [0.1, 0.15) is 0 Å². The van der Waals surface area contributed by atoms with Gasteiger partial charge in [0.25, 0.3) is 0 Å². The Morgan fingerprint density at radius 1 is 1.20 bits per heavy atom. The number of morpholine rings is 1. The number of aromatic nitrogens is 3. The highest BCUT2D eigenvalue weighted by Crippen LogP contribution is 2.24. The van der Waals surface area contributed by atoms with E-state index in [2.05, 4.69) is 27.2 Å². The molecule has 128 valence electrons. The zero-order valence-corrected chi connectivity index (χ0v) is 14.2. The topological polar surface area (TPSA) is 63.2 Å². The molecule has 3 heterocycles. The van der Waals surface area contributed by atoms with Crippen molar-refractivity contribution in [3.63, 3.8) is 0 Å². The number of hydrogen-bond acceptors (Lipinski definition) is 6. The molecule has 1 N–H and O–H groups in total. The Balaban J connectivity index is 1.66. The van der Waals surface area contributed by atoms with Gasteiger partial charge < -0.3 is 10.1 Å². The molecule has 0 amide bonds. The second-order valence-electron chi connectivity index (χ2n) is 6.24. The van der Waals surface area contributed by atoms with Gasteiger partial charge in [-0.1, -0.05) is 12.1 Å². The number of nitrogens with zero attached hydrogens (tertiary/aromatic N) is 4. The van der Waals surface area contributed by atoms with E-state index in [0.717, 1.165) is 48.6 Å². The van der Waals surface area contributed by atoms with E-state index in [9.17, 15) is 0 Å². The predicted molar refractivity (Wildman–Crippen MR) is 98.5 cm³/mol. The maximum absolute atomic E-state index is 5.60. The molecule has 0 bridgehead atoms. The number of rotatable bonds is 4. The van der Waals surface area contributed by atoms with E-state index in [-0.39, 0.29) is 0 Å². The molecule has 6 heteroatoms. The summed E-state index contributed by atoms with van der Waals surface area (Å²) in [6, 6.07) is 12.3. The molecular formula is C19H21N5O. The van der Waals surface area contributed by atoms with Crippen LogP contribution in [-0.4, -0.2) is 59.2 Å². The highest BCUT2D eigenvalue weighted by molar-refractivity contribution is 5.90. The molecule has 0 aliphatic carbocycles. The fourth-order valence-corrected chi connectivity index (χ4v) is 3.00. The largest absolute Gasteiger partial charge is 0.378 e. The Morgan fingerprint density at radius 2 is 2.12 bits per heavy atom. The van der Waals surface area contributed by atoms with Crippen molar-refractivity contribution in [3.05, 3.63) is 48.8 Å². The van der Waals surface area contributed by atoms with E-state index < -0.39 is 0 Å². The van der Waals surface area contributed by atoms with E-state index >= 15 is 0 Å². The number of ether oxygens (including phenoxy) is 1. The van der Waals surface area contributed by atoms with Crippen LogP contribution in [0.4, 0.5) is 5.82 Å². The van der Waals surface area contributed by atoms with Gasteiger partial charge in [-0.3, -0.25) is 9.88 Å². The van der Waals surface area contributed by atoms with Crippen molar-refractivity contribution in [1.29, 1.82) is 0 Å². The minimum absolute atomic E-state index is 0.337. The first-order valence-corrected chi connectivity index (χ1v) is 8.50. The normalized spacial score (nSPS) is 18.4. The number of nitrogens with one attached hydrogen (secondary N) is 1. The summed E-state index contributed by atoms with van der Waals surface area (Å²) in [6.07, 6.45) is 3.54. The summed E-state index contributed by atoms with van der Waals surface area (Å²) in [4.78, 5) is 15.9. The van der Waals surface area contributed by atoms with Crippen LogP contribution in [0.2, 0.25) is 0 Å². The monoisotopic (exact) mass is 335 g/mol. The lowest BCUT2D eigenvalue weighted by atomic mass is 10.2. The van der Waals surface area contributed by atoms with Crippen molar-refractivity contribution in [1.82, 2.24) is 19.9 Å². The summed E-state index contributed by atoms with van der Waals surface area (Å²) in [5, 5.41) is 4.53. The lowest BCUT2D eigenvalue weighted by Gasteiger charge is -2.32. The molecule has 1 atom stereocenters. The third-order valence-electron chi connectivity index (χ3n) is 4.55. The van der Waals surface area contributed by atoms with Crippen molar-refractivity contribution in [2.45, 2.75) is 6.04 Å². The molecule has 0 radical (unpaired) electrons. The molecule has 6 nitrogen and oxygen atoms in total. The molecule has 0 saturated carbocycles. The van der Waals surface area contributed by atoms with Crippen LogP contribution in [0.25, 0.3) is 22.3 Å². The van der Waals surface area contributed by atoms with Gasteiger partial charge in [0.2, 0.25) is 0 Å². The zero-order valence-electron chi connectivity index (χ0n) is 14.2. The smallest absolute Gasteiger partial charge is 0.163 e. The number of benzene rings is 1. The molecule has 0 spiro atoms. The van der Waals surface area contributed by atoms with Crippen LogP contribution in [0.3, 0.4) is 0 Å². The fourth-order valence-electron chi connectivity index (χ4n) is 3.00. The average Bonchev–Trinajstić information content (AvgIpc) is 2.67. The van der Waals surface area contributed by atoms with Crippen molar-refractivity contribution < 1.29 is 4.74 Å². The number of pyridine rings is 1. The van der Waals surface area contributed by atoms with Crippen LogP contribution in [0.5, 0.6) is 0 Å². The van der Waals surface area contributed by atoms with Gasteiger partial charge in [-0.2, -0.15) is 0 Å². The Hall–Kier alpha value is -2.57. The summed E-state index contributed by atoms with van der Waals surface area (Å²) in [5.74, 6) is 1.53. The fraction of sp³-hybridized carbons (Fsp3) is 0.316. The van der Waals surface area contributed by atoms with Crippen LogP contribution in [0, 0.1) is 0 Å². The molecule has 1 aromatic carbocycles. The Kier molecular flexibility index (Phi) is 4.54. The maximum Gasteiger partial charge on any atom is 0.163 e. The lowest BCUT2D eigenvalue weighted by Crippen LogP contribution is -2.46. The van der Waals surface area contributed by atoms with Gasteiger partial charge in [0.1, 0.15) is 5.82 Å². The van der Waals surface area contributed by atoms with Crippen molar-refractivity contribution in [2.75, 3.05) is 38.7 Å². The van der Waals surface area contributed by atoms with Gasteiger partial charge in [-0.05, 0) is 31.3 Å². The molecule has 4 rings (SSSR count). The Labute approximate surface area is 146 Å². The number of likely N-dealkylation sites (N-methyl/N-ethyl adjacent to an activating group) is 1. The summed E-state index contributed by atoms with van der Waals surface area (Å²) in [7, 11) is 2.13. The van der Waals surface area contributed by atoms with E-state index in [0.29, 0.717) is 11.9 Å². The second kappa shape index (κ2) is 7.13. The van der Waals surface area contributed by atoms with Crippen LogP contribution >= 0.6 is 0 Å². The van der Waals surface area contributed by atoms with Gasteiger partial charge in [-0.15, -0.1) is 0 Å². The van der Waals surface area contributed by atoms with Gasteiger partial charge in [0, 0.05) is 36.4 Å². The van der Waals surface area contributed by atoms with Crippen LogP contribution < -0.4 is 5.32 Å². The van der Waals surface area contributed by atoms with Crippen molar-refractivity contribution in [2.24, 2.45) is 0 Å². The minimum Gasteiger partial charge on any atom is -0.378 e. The molecule has 1 aliphatic heterocycles. The van der Waals surface area contributed by atoms with Crippen molar-refractivity contribution in [3.8, 4) is 11.4 Å². The SMILES string of the molecule is CN1CCOCC1CNc1nc(-c2cccnc2)nc2ccccc12. The quantitative estimate of drug-likeness (QED) is 0.790. The third-order valence-corrected chi connectivity index (χ3v) is 4.55. The van der Waals surface area contributed by atoms with Crippen molar-refractivity contribution >= 4 is 16.7 Å². The van der Waals surface area contributed by atoms with E-state index in [1.54, 1.807) is 12.4 Å². The molecule has 1 aliphatic rings. The Bertz CT molecular complexity index is 855. The summed E-state index contributed by atoms with van der Waals surface area (Å²) >= 11 is 0. The summed E-state index contributed by atoms with van der Waals surface area (Å²) < 4.78 is 5.60. The third kappa shape index (κ3) is 3.45.